The van der Waals surface area contributed by atoms with Crippen LogP contribution in [0.5, 0.6) is 0 Å². The molecule has 2 aromatic rings. The van der Waals surface area contributed by atoms with Gasteiger partial charge in [-0.3, -0.25) is 4.79 Å². The molecule has 5 heteroatoms. The van der Waals surface area contributed by atoms with Gasteiger partial charge in [-0.25, -0.2) is 9.97 Å². The fourth-order valence-corrected chi connectivity index (χ4v) is 3.93. The van der Waals surface area contributed by atoms with Crippen molar-refractivity contribution in [1.29, 1.82) is 0 Å². The summed E-state index contributed by atoms with van der Waals surface area (Å²) in [5, 5.41) is 0. The molecule has 4 rings (SSSR count). The molecule has 1 aliphatic heterocycles. The van der Waals surface area contributed by atoms with E-state index < -0.39 is 0 Å². The fourth-order valence-electron chi connectivity index (χ4n) is 3.93. The molecule has 0 saturated carbocycles. The van der Waals surface area contributed by atoms with Crippen molar-refractivity contribution >= 4 is 11.7 Å². The van der Waals surface area contributed by atoms with Gasteiger partial charge < -0.3 is 9.64 Å². The van der Waals surface area contributed by atoms with Crippen LogP contribution >= 0.6 is 0 Å². The van der Waals surface area contributed by atoms with Crippen LogP contribution in [0, 0.1) is 13.8 Å². The quantitative estimate of drug-likeness (QED) is 0.843. The van der Waals surface area contributed by atoms with Crippen LogP contribution in [0.25, 0.3) is 0 Å². The van der Waals surface area contributed by atoms with Crippen molar-refractivity contribution in [2.24, 2.45) is 0 Å². The average molecular weight is 337 g/mol. The Labute approximate surface area is 148 Å². The number of fused-ring (bicyclic) bond motifs is 1. The Morgan fingerprint density at radius 2 is 1.84 bits per heavy atom. The van der Waals surface area contributed by atoms with E-state index in [-0.39, 0.29) is 11.7 Å². The largest absolute Gasteiger partial charge is 0.378 e. The van der Waals surface area contributed by atoms with Crippen molar-refractivity contribution in [2.45, 2.75) is 32.6 Å². The third kappa shape index (κ3) is 3.04. The monoisotopic (exact) mass is 337 g/mol. The Morgan fingerprint density at radius 1 is 1.08 bits per heavy atom. The first-order valence-corrected chi connectivity index (χ1v) is 8.92. The molecule has 2 heterocycles. The zero-order chi connectivity index (χ0) is 17.4. The Kier molecular flexibility index (Phi) is 4.25. The topological polar surface area (TPSA) is 55.3 Å². The number of rotatable bonds is 2. The molecule has 1 unspecified atom stereocenters. The van der Waals surface area contributed by atoms with Gasteiger partial charge in [0, 0.05) is 19.5 Å². The van der Waals surface area contributed by atoms with Gasteiger partial charge in [0.15, 0.2) is 5.78 Å². The van der Waals surface area contributed by atoms with Gasteiger partial charge in [0.25, 0.3) is 0 Å². The minimum atomic E-state index is 0.167. The van der Waals surface area contributed by atoms with Crippen molar-refractivity contribution in [3.8, 4) is 0 Å². The number of ether oxygens (including phenoxy) is 1. The van der Waals surface area contributed by atoms with E-state index in [9.17, 15) is 4.79 Å². The summed E-state index contributed by atoms with van der Waals surface area (Å²) < 4.78 is 5.42. The smallest absolute Gasteiger partial charge is 0.225 e. The number of anilines is 1. The zero-order valence-electron chi connectivity index (χ0n) is 14.8. The SMILES string of the molecule is Cc1ccccc1C1CC(=O)c2c(C)nc(N3CCOCC3)nc2C1. The predicted molar refractivity (Wildman–Crippen MR) is 96.4 cm³/mol. The Balaban J connectivity index is 1.70. The molecule has 0 spiro atoms. The second-order valence-corrected chi connectivity index (χ2v) is 6.92. The van der Waals surface area contributed by atoms with E-state index in [2.05, 4.69) is 28.9 Å². The first kappa shape index (κ1) is 16.2. The molecule has 5 nitrogen and oxygen atoms in total. The Bertz CT molecular complexity index is 813. The maximum atomic E-state index is 12.8. The lowest BCUT2D eigenvalue weighted by molar-refractivity contribution is 0.0961. The predicted octanol–water partition coefficient (Wildman–Crippen LogP) is 2.84. The van der Waals surface area contributed by atoms with Gasteiger partial charge in [-0.15, -0.1) is 0 Å². The van der Waals surface area contributed by atoms with E-state index in [1.165, 1.54) is 11.1 Å². The molecule has 2 aliphatic rings. The first-order chi connectivity index (χ1) is 12.1. The number of morpholine rings is 1. The van der Waals surface area contributed by atoms with Crippen LogP contribution in [0.4, 0.5) is 5.95 Å². The zero-order valence-corrected chi connectivity index (χ0v) is 14.8. The lowest BCUT2D eigenvalue weighted by Crippen LogP contribution is -2.38. The lowest BCUT2D eigenvalue weighted by Gasteiger charge is -2.30. The summed E-state index contributed by atoms with van der Waals surface area (Å²) in [6, 6.07) is 8.34. The summed E-state index contributed by atoms with van der Waals surface area (Å²) >= 11 is 0. The van der Waals surface area contributed by atoms with Crippen LogP contribution in [0.2, 0.25) is 0 Å². The van der Waals surface area contributed by atoms with Crippen molar-refractivity contribution < 1.29 is 9.53 Å². The van der Waals surface area contributed by atoms with Gasteiger partial charge in [-0.2, -0.15) is 0 Å². The lowest BCUT2D eigenvalue weighted by atomic mass is 9.80. The van der Waals surface area contributed by atoms with Crippen molar-refractivity contribution in [2.75, 3.05) is 31.2 Å². The number of aromatic nitrogens is 2. The van der Waals surface area contributed by atoms with Crippen molar-refractivity contribution in [3.63, 3.8) is 0 Å². The molecule has 1 saturated heterocycles. The molecule has 0 radical (unpaired) electrons. The van der Waals surface area contributed by atoms with Crippen LogP contribution in [-0.2, 0) is 11.2 Å². The van der Waals surface area contributed by atoms with Gasteiger partial charge in [0.1, 0.15) is 0 Å². The van der Waals surface area contributed by atoms with Gasteiger partial charge in [-0.05, 0) is 37.3 Å². The minimum Gasteiger partial charge on any atom is -0.378 e. The molecule has 25 heavy (non-hydrogen) atoms. The summed E-state index contributed by atoms with van der Waals surface area (Å²) in [5.74, 6) is 1.10. The molecule has 1 fully saturated rings. The molecule has 130 valence electrons. The van der Waals surface area contributed by atoms with Crippen LogP contribution in [0.1, 0.15) is 45.2 Å². The molecule has 0 N–H and O–H groups in total. The third-order valence-electron chi connectivity index (χ3n) is 5.23. The summed E-state index contributed by atoms with van der Waals surface area (Å²) in [7, 11) is 0. The highest BCUT2D eigenvalue weighted by atomic mass is 16.5. The molecule has 0 bridgehead atoms. The second kappa shape index (κ2) is 6.56. The number of aryl methyl sites for hydroxylation is 2. The van der Waals surface area contributed by atoms with E-state index in [1.807, 2.05) is 19.1 Å². The number of nitrogens with zero attached hydrogens (tertiary/aromatic N) is 3. The minimum absolute atomic E-state index is 0.167. The molecule has 1 aromatic heterocycles. The molecular weight excluding hydrogens is 314 g/mol. The van der Waals surface area contributed by atoms with Crippen LogP contribution < -0.4 is 4.90 Å². The highest BCUT2D eigenvalue weighted by Gasteiger charge is 2.31. The maximum Gasteiger partial charge on any atom is 0.225 e. The van der Waals surface area contributed by atoms with Gasteiger partial charge in [-0.1, -0.05) is 24.3 Å². The summed E-state index contributed by atoms with van der Waals surface area (Å²) in [4.78, 5) is 24.3. The van der Waals surface area contributed by atoms with Crippen LogP contribution in [0.3, 0.4) is 0 Å². The highest BCUT2D eigenvalue weighted by Crippen LogP contribution is 2.35. The van der Waals surface area contributed by atoms with E-state index >= 15 is 0 Å². The molecular formula is C20H23N3O2. The highest BCUT2D eigenvalue weighted by molar-refractivity contribution is 5.99. The Hall–Kier alpha value is -2.27. The van der Waals surface area contributed by atoms with Crippen LogP contribution in [-0.4, -0.2) is 42.1 Å². The Morgan fingerprint density at radius 3 is 2.60 bits per heavy atom. The number of hydrogen-bond acceptors (Lipinski definition) is 5. The third-order valence-corrected chi connectivity index (χ3v) is 5.23. The van der Waals surface area contributed by atoms with Gasteiger partial charge in [0.2, 0.25) is 5.95 Å². The van der Waals surface area contributed by atoms with E-state index in [0.717, 1.165) is 42.4 Å². The van der Waals surface area contributed by atoms with Crippen molar-refractivity contribution in [3.05, 3.63) is 52.3 Å². The number of Topliss-reactive ketones (excluding diaryl/α,β-unsaturated/α-hetero) is 1. The van der Waals surface area contributed by atoms with Crippen molar-refractivity contribution in [1.82, 2.24) is 9.97 Å². The first-order valence-electron chi connectivity index (χ1n) is 8.92. The number of carbonyl (C=O) groups is 1. The fraction of sp³-hybridized carbons (Fsp3) is 0.450. The summed E-state index contributed by atoms with van der Waals surface area (Å²) in [5.41, 5.74) is 4.94. The number of benzene rings is 1. The molecule has 1 atom stereocenters. The average Bonchev–Trinajstić information content (AvgIpc) is 2.62. The second-order valence-electron chi connectivity index (χ2n) is 6.92. The number of hydrogen-bond donors (Lipinski definition) is 0. The van der Waals surface area contributed by atoms with Gasteiger partial charge >= 0.3 is 0 Å². The standard InChI is InChI=1S/C20H23N3O2/c1-13-5-3-4-6-16(13)15-11-17-19(18(24)12-15)14(2)21-20(22-17)23-7-9-25-10-8-23/h3-6,15H,7-12H2,1-2H3. The maximum absolute atomic E-state index is 12.8. The van der Waals surface area contributed by atoms with Gasteiger partial charge in [0.05, 0.1) is 30.2 Å². The molecule has 1 aromatic carbocycles. The molecule has 1 aliphatic carbocycles. The summed E-state index contributed by atoms with van der Waals surface area (Å²) in [6.45, 7) is 7.03. The van der Waals surface area contributed by atoms with E-state index in [0.29, 0.717) is 19.6 Å². The number of ketones is 1. The summed E-state index contributed by atoms with van der Waals surface area (Å²) in [6.07, 6.45) is 1.34. The molecule has 0 amide bonds. The van der Waals surface area contributed by atoms with E-state index in [4.69, 9.17) is 9.72 Å². The van der Waals surface area contributed by atoms with E-state index in [1.54, 1.807) is 0 Å². The van der Waals surface area contributed by atoms with Crippen LogP contribution in [0.15, 0.2) is 24.3 Å². The number of carbonyl (C=O) groups excluding carboxylic acids is 1. The normalized spacial score (nSPS) is 20.5.